The van der Waals surface area contributed by atoms with Gasteiger partial charge in [0.1, 0.15) is 6.54 Å². The van der Waals surface area contributed by atoms with Crippen LogP contribution in [0.15, 0.2) is 28.7 Å². The number of carbonyl (C=O) groups excluding carboxylic acids is 3. The molecular weight excluding hydrogens is 348 g/mol. The van der Waals surface area contributed by atoms with Crippen molar-refractivity contribution in [2.75, 3.05) is 11.9 Å². The van der Waals surface area contributed by atoms with E-state index in [9.17, 15) is 14.4 Å². The van der Waals surface area contributed by atoms with Gasteiger partial charge in [0.05, 0.1) is 17.5 Å². The smallest absolute Gasteiger partial charge is 0.244 e. The lowest BCUT2D eigenvalue weighted by Gasteiger charge is -2.19. The zero-order valence-electron chi connectivity index (χ0n) is 12.0. The average Bonchev–Trinajstić information content (AvgIpc) is 2.75. The number of benzene rings is 1. The van der Waals surface area contributed by atoms with Crippen LogP contribution in [-0.2, 0) is 14.4 Å². The summed E-state index contributed by atoms with van der Waals surface area (Å²) in [6, 6.07) is 7.23. The molecule has 22 heavy (non-hydrogen) atoms. The van der Waals surface area contributed by atoms with E-state index >= 15 is 0 Å². The van der Waals surface area contributed by atoms with E-state index in [0.29, 0.717) is 5.69 Å². The first kappa shape index (κ1) is 15.2. The molecule has 2 aliphatic rings. The Balaban J connectivity index is 1.68. The molecule has 2 atom stereocenters. The van der Waals surface area contributed by atoms with E-state index in [1.54, 1.807) is 12.1 Å². The second-order valence-corrected chi connectivity index (χ2v) is 6.64. The molecule has 3 amide bonds. The highest BCUT2D eigenvalue weighted by atomic mass is 79.9. The van der Waals surface area contributed by atoms with Crippen LogP contribution in [0.2, 0.25) is 0 Å². The van der Waals surface area contributed by atoms with Crippen LogP contribution in [0, 0.1) is 11.8 Å². The van der Waals surface area contributed by atoms with Gasteiger partial charge in [-0.1, -0.05) is 25.0 Å². The maximum absolute atomic E-state index is 12.3. The van der Waals surface area contributed by atoms with Gasteiger partial charge in [0, 0.05) is 4.47 Å². The summed E-state index contributed by atoms with van der Waals surface area (Å²) in [5.74, 6) is -1.14. The summed E-state index contributed by atoms with van der Waals surface area (Å²) in [6.45, 7) is -0.202. The van der Waals surface area contributed by atoms with Crippen molar-refractivity contribution in [1.29, 1.82) is 0 Å². The topological polar surface area (TPSA) is 66.5 Å². The van der Waals surface area contributed by atoms with Crippen molar-refractivity contribution in [1.82, 2.24) is 4.90 Å². The highest BCUT2D eigenvalue weighted by Gasteiger charge is 2.48. The van der Waals surface area contributed by atoms with Crippen LogP contribution in [-0.4, -0.2) is 29.2 Å². The number of fused-ring (bicyclic) bond motifs is 1. The molecule has 0 aromatic heterocycles. The molecule has 1 heterocycles. The molecule has 0 spiro atoms. The van der Waals surface area contributed by atoms with Crippen molar-refractivity contribution in [3.05, 3.63) is 28.7 Å². The van der Waals surface area contributed by atoms with Crippen LogP contribution in [0.4, 0.5) is 5.69 Å². The third-order valence-corrected chi connectivity index (χ3v) is 5.07. The van der Waals surface area contributed by atoms with E-state index in [4.69, 9.17) is 0 Å². The maximum atomic E-state index is 12.3. The van der Waals surface area contributed by atoms with Gasteiger partial charge in [0.25, 0.3) is 0 Å². The van der Waals surface area contributed by atoms with E-state index in [-0.39, 0.29) is 36.1 Å². The summed E-state index contributed by atoms with van der Waals surface area (Å²) in [4.78, 5) is 37.9. The first-order valence-electron chi connectivity index (χ1n) is 7.47. The Kier molecular flexibility index (Phi) is 4.29. The minimum Gasteiger partial charge on any atom is -0.324 e. The molecule has 2 fully saturated rings. The predicted octanol–water partition coefficient (Wildman–Crippen LogP) is 2.56. The predicted molar refractivity (Wildman–Crippen MR) is 84.9 cm³/mol. The molecule has 1 aliphatic heterocycles. The van der Waals surface area contributed by atoms with Crippen LogP contribution in [0.5, 0.6) is 0 Å². The lowest BCUT2D eigenvalue weighted by Crippen LogP contribution is -2.38. The van der Waals surface area contributed by atoms with Crippen LogP contribution in [0.1, 0.15) is 25.7 Å². The molecule has 1 aliphatic carbocycles. The van der Waals surface area contributed by atoms with Crippen molar-refractivity contribution in [2.45, 2.75) is 25.7 Å². The SMILES string of the molecule is O=C(CN1C(=O)C2CCCCC2C1=O)Nc1ccccc1Br. The average molecular weight is 365 g/mol. The number of anilines is 1. The number of likely N-dealkylation sites (tertiary alicyclic amines) is 1. The molecule has 2 unspecified atom stereocenters. The molecule has 116 valence electrons. The summed E-state index contributed by atoms with van der Waals surface area (Å²) < 4.78 is 0.760. The van der Waals surface area contributed by atoms with Crippen molar-refractivity contribution >= 4 is 39.3 Å². The largest absolute Gasteiger partial charge is 0.324 e. The lowest BCUT2D eigenvalue weighted by molar-refractivity contribution is -0.142. The Hall–Kier alpha value is -1.69. The van der Waals surface area contributed by atoms with Crippen molar-refractivity contribution in [3.8, 4) is 0 Å². The first-order chi connectivity index (χ1) is 10.6. The fraction of sp³-hybridized carbons (Fsp3) is 0.438. The number of carbonyl (C=O) groups is 3. The molecule has 1 aromatic rings. The van der Waals surface area contributed by atoms with Crippen molar-refractivity contribution in [2.24, 2.45) is 11.8 Å². The highest BCUT2D eigenvalue weighted by Crippen LogP contribution is 2.37. The highest BCUT2D eigenvalue weighted by molar-refractivity contribution is 9.10. The van der Waals surface area contributed by atoms with Gasteiger partial charge in [0.15, 0.2) is 0 Å². The molecule has 1 saturated heterocycles. The minimum atomic E-state index is -0.354. The molecule has 0 bridgehead atoms. The van der Waals surface area contributed by atoms with Gasteiger partial charge < -0.3 is 5.32 Å². The number of amides is 3. The first-order valence-corrected chi connectivity index (χ1v) is 8.27. The van der Waals surface area contributed by atoms with Gasteiger partial charge in [-0.05, 0) is 40.9 Å². The fourth-order valence-corrected chi connectivity index (χ4v) is 3.67. The van der Waals surface area contributed by atoms with E-state index in [1.165, 1.54) is 0 Å². The summed E-state index contributed by atoms with van der Waals surface area (Å²) >= 11 is 3.35. The van der Waals surface area contributed by atoms with Crippen LogP contribution in [0.3, 0.4) is 0 Å². The van der Waals surface area contributed by atoms with Crippen LogP contribution in [0.25, 0.3) is 0 Å². The summed E-state index contributed by atoms with van der Waals surface area (Å²) in [6.07, 6.45) is 3.49. The third kappa shape index (κ3) is 2.79. The molecule has 1 N–H and O–H groups in total. The molecule has 1 saturated carbocycles. The van der Waals surface area contributed by atoms with Crippen molar-refractivity contribution < 1.29 is 14.4 Å². The lowest BCUT2D eigenvalue weighted by atomic mass is 9.81. The van der Waals surface area contributed by atoms with Crippen LogP contribution < -0.4 is 5.32 Å². The zero-order chi connectivity index (χ0) is 15.7. The number of para-hydroxylation sites is 1. The van der Waals surface area contributed by atoms with Gasteiger partial charge in [-0.2, -0.15) is 0 Å². The second kappa shape index (κ2) is 6.20. The number of nitrogens with one attached hydrogen (secondary N) is 1. The molecule has 0 radical (unpaired) electrons. The molecule has 3 rings (SSSR count). The van der Waals surface area contributed by atoms with Gasteiger partial charge >= 0.3 is 0 Å². The quantitative estimate of drug-likeness (QED) is 0.838. The summed E-state index contributed by atoms with van der Waals surface area (Å²) in [7, 11) is 0. The van der Waals surface area contributed by atoms with E-state index in [2.05, 4.69) is 21.2 Å². The van der Waals surface area contributed by atoms with Gasteiger partial charge in [0.2, 0.25) is 17.7 Å². The van der Waals surface area contributed by atoms with E-state index in [0.717, 1.165) is 35.1 Å². The number of halogens is 1. The Labute approximate surface area is 137 Å². The number of imide groups is 1. The van der Waals surface area contributed by atoms with Gasteiger partial charge in [-0.3, -0.25) is 19.3 Å². The molecule has 1 aromatic carbocycles. The Morgan fingerprint density at radius 2 is 1.73 bits per heavy atom. The van der Waals surface area contributed by atoms with Crippen LogP contribution >= 0.6 is 15.9 Å². The summed E-state index contributed by atoms with van der Waals surface area (Å²) in [5, 5.41) is 2.73. The number of rotatable bonds is 3. The monoisotopic (exact) mass is 364 g/mol. The molecule has 6 heteroatoms. The molecular formula is C16H17BrN2O3. The normalized spacial score (nSPS) is 24.3. The van der Waals surface area contributed by atoms with Gasteiger partial charge in [-0.15, -0.1) is 0 Å². The van der Waals surface area contributed by atoms with Gasteiger partial charge in [-0.25, -0.2) is 0 Å². The standard InChI is InChI=1S/C16H17BrN2O3/c17-12-7-3-4-8-13(12)18-14(20)9-19-15(21)10-5-1-2-6-11(10)16(19)22/h3-4,7-8,10-11H,1-2,5-6,9H2,(H,18,20). The van der Waals surface area contributed by atoms with E-state index < -0.39 is 0 Å². The third-order valence-electron chi connectivity index (χ3n) is 4.38. The Morgan fingerprint density at radius 3 is 2.32 bits per heavy atom. The fourth-order valence-electron chi connectivity index (χ4n) is 3.28. The summed E-state index contributed by atoms with van der Waals surface area (Å²) in [5.41, 5.74) is 0.629. The molecule has 5 nitrogen and oxygen atoms in total. The number of nitrogens with zero attached hydrogens (tertiary/aromatic N) is 1. The van der Waals surface area contributed by atoms with E-state index in [1.807, 2.05) is 12.1 Å². The number of hydrogen-bond donors (Lipinski definition) is 1. The zero-order valence-corrected chi connectivity index (χ0v) is 13.6. The Morgan fingerprint density at radius 1 is 1.14 bits per heavy atom. The Bertz CT molecular complexity index is 608. The minimum absolute atomic E-state index is 0.183. The number of hydrogen-bond acceptors (Lipinski definition) is 3. The van der Waals surface area contributed by atoms with Crippen molar-refractivity contribution in [3.63, 3.8) is 0 Å². The maximum Gasteiger partial charge on any atom is 0.244 e. The second-order valence-electron chi connectivity index (χ2n) is 5.79.